The lowest BCUT2D eigenvalue weighted by Crippen LogP contribution is -2.21. The van der Waals surface area contributed by atoms with Gasteiger partial charge in [-0.05, 0) is 43.3 Å². The van der Waals surface area contributed by atoms with Crippen molar-refractivity contribution in [2.45, 2.75) is 13.5 Å². The Morgan fingerprint density at radius 2 is 1.64 bits per heavy atom. The Kier molecular flexibility index (Phi) is 5.55. The topological polar surface area (TPSA) is 69.0 Å². The molecule has 1 N–H and O–H groups in total. The van der Waals surface area contributed by atoms with Crippen LogP contribution in [-0.4, -0.2) is 14.5 Å². The molecular formula is C27H22N4O2. The van der Waals surface area contributed by atoms with Crippen LogP contribution in [0.2, 0.25) is 0 Å². The molecule has 0 bridgehead atoms. The number of benzene rings is 2. The van der Waals surface area contributed by atoms with E-state index in [0.29, 0.717) is 22.6 Å². The maximum Gasteiger partial charge on any atom is 0.213 e. The standard InChI is InChI=1S/C27H22N4O2/c1-19-16-24-22(17-29-19)26(32)23(18-33-25-14-8-9-15-28-25)27(30-20-10-4-2-5-11-20)31(24)21-12-6-3-7-13-21/h2-17,30H,18H2,1H3. The molecule has 0 atom stereocenters. The summed E-state index contributed by atoms with van der Waals surface area (Å²) in [6, 6.07) is 27.1. The molecule has 0 unspecified atom stereocenters. The molecule has 0 saturated carbocycles. The lowest BCUT2D eigenvalue weighted by molar-refractivity contribution is 0.293. The molecule has 2 aromatic carbocycles. The van der Waals surface area contributed by atoms with Crippen molar-refractivity contribution in [1.29, 1.82) is 0 Å². The molecule has 0 aliphatic carbocycles. The van der Waals surface area contributed by atoms with Crippen molar-refractivity contribution in [3.63, 3.8) is 0 Å². The number of hydrogen-bond acceptors (Lipinski definition) is 5. The first-order valence-corrected chi connectivity index (χ1v) is 10.7. The third kappa shape index (κ3) is 4.19. The second-order valence-electron chi connectivity index (χ2n) is 7.62. The number of pyridine rings is 3. The van der Waals surface area contributed by atoms with Crippen LogP contribution in [-0.2, 0) is 6.61 Å². The van der Waals surface area contributed by atoms with E-state index in [4.69, 9.17) is 4.74 Å². The van der Waals surface area contributed by atoms with E-state index in [1.54, 1.807) is 18.5 Å². The maximum atomic E-state index is 13.7. The number of para-hydroxylation sites is 2. The Morgan fingerprint density at radius 3 is 2.36 bits per heavy atom. The molecule has 3 heterocycles. The summed E-state index contributed by atoms with van der Waals surface area (Å²) in [7, 11) is 0. The van der Waals surface area contributed by atoms with Gasteiger partial charge < -0.3 is 10.1 Å². The smallest absolute Gasteiger partial charge is 0.213 e. The summed E-state index contributed by atoms with van der Waals surface area (Å²) >= 11 is 0. The Balaban J connectivity index is 1.77. The highest BCUT2D eigenvalue weighted by Crippen LogP contribution is 2.29. The molecule has 3 aromatic heterocycles. The zero-order valence-electron chi connectivity index (χ0n) is 18.1. The van der Waals surface area contributed by atoms with Gasteiger partial charge in [0.05, 0.1) is 16.5 Å². The zero-order chi connectivity index (χ0) is 22.6. The van der Waals surface area contributed by atoms with E-state index in [0.717, 1.165) is 22.6 Å². The van der Waals surface area contributed by atoms with Crippen LogP contribution in [0.5, 0.6) is 5.88 Å². The highest BCUT2D eigenvalue weighted by molar-refractivity contribution is 5.85. The van der Waals surface area contributed by atoms with Crippen molar-refractivity contribution in [3.05, 3.63) is 119 Å². The van der Waals surface area contributed by atoms with Crippen molar-refractivity contribution in [1.82, 2.24) is 14.5 Å². The Morgan fingerprint density at radius 1 is 0.909 bits per heavy atom. The molecule has 33 heavy (non-hydrogen) atoms. The van der Waals surface area contributed by atoms with Crippen molar-refractivity contribution < 1.29 is 4.74 Å². The van der Waals surface area contributed by atoms with E-state index in [-0.39, 0.29) is 12.0 Å². The Bertz CT molecular complexity index is 1450. The SMILES string of the molecule is Cc1cc2c(cn1)c(=O)c(COc1ccccn1)c(Nc1ccccc1)n2-c1ccccc1. The van der Waals surface area contributed by atoms with Gasteiger partial charge >= 0.3 is 0 Å². The van der Waals surface area contributed by atoms with E-state index in [1.807, 2.05) is 85.8 Å². The highest BCUT2D eigenvalue weighted by atomic mass is 16.5. The molecule has 0 aliphatic heterocycles. The molecule has 5 rings (SSSR count). The second kappa shape index (κ2) is 8.96. The minimum Gasteiger partial charge on any atom is -0.472 e. The summed E-state index contributed by atoms with van der Waals surface area (Å²) in [5.41, 5.74) is 3.76. The average molecular weight is 434 g/mol. The van der Waals surface area contributed by atoms with E-state index >= 15 is 0 Å². The van der Waals surface area contributed by atoms with E-state index in [1.165, 1.54) is 0 Å². The lowest BCUT2D eigenvalue weighted by Gasteiger charge is -2.22. The van der Waals surface area contributed by atoms with Gasteiger partial charge in [-0.2, -0.15) is 0 Å². The van der Waals surface area contributed by atoms with Gasteiger partial charge in [-0.1, -0.05) is 42.5 Å². The van der Waals surface area contributed by atoms with E-state index < -0.39 is 0 Å². The molecule has 5 aromatic rings. The fourth-order valence-corrected chi connectivity index (χ4v) is 3.78. The van der Waals surface area contributed by atoms with Crippen molar-refractivity contribution in [2.75, 3.05) is 5.32 Å². The summed E-state index contributed by atoms with van der Waals surface area (Å²) in [5, 5.41) is 4.00. The van der Waals surface area contributed by atoms with Crippen LogP contribution in [0.15, 0.2) is 102 Å². The number of rotatable bonds is 6. The van der Waals surface area contributed by atoms with Gasteiger partial charge in [0.1, 0.15) is 12.4 Å². The first kappa shape index (κ1) is 20.5. The van der Waals surface area contributed by atoms with Crippen molar-refractivity contribution >= 4 is 22.4 Å². The molecule has 0 saturated heterocycles. The second-order valence-corrected chi connectivity index (χ2v) is 7.62. The van der Waals surface area contributed by atoms with Crippen molar-refractivity contribution in [3.8, 4) is 11.6 Å². The van der Waals surface area contributed by atoms with Crippen LogP contribution in [0.25, 0.3) is 16.6 Å². The molecule has 6 heteroatoms. The first-order valence-electron chi connectivity index (χ1n) is 10.7. The monoisotopic (exact) mass is 434 g/mol. The molecular weight excluding hydrogens is 412 g/mol. The van der Waals surface area contributed by atoms with Gasteiger partial charge in [0, 0.05) is 35.5 Å². The van der Waals surface area contributed by atoms with Gasteiger partial charge in [-0.25, -0.2) is 4.98 Å². The average Bonchev–Trinajstić information content (AvgIpc) is 2.86. The molecule has 0 aliphatic rings. The normalized spacial score (nSPS) is 10.8. The number of ether oxygens (including phenoxy) is 1. The van der Waals surface area contributed by atoms with Crippen LogP contribution >= 0.6 is 0 Å². The first-order chi connectivity index (χ1) is 16.2. The van der Waals surface area contributed by atoms with Gasteiger partial charge in [-0.3, -0.25) is 14.3 Å². The van der Waals surface area contributed by atoms with Crippen LogP contribution in [0.4, 0.5) is 11.5 Å². The lowest BCUT2D eigenvalue weighted by atomic mass is 10.1. The minimum atomic E-state index is -0.126. The zero-order valence-corrected chi connectivity index (χ0v) is 18.1. The summed E-state index contributed by atoms with van der Waals surface area (Å²) in [5.74, 6) is 1.10. The number of nitrogens with zero attached hydrogens (tertiary/aromatic N) is 3. The van der Waals surface area contributed by atoms with E-state index in [9.17, 15) is 4.79 Å². The van der Waals surface area contributed by atoms with Crippen LogP contribution < -0.4 is 15.5 Å². The Hall–Kier alpha value is -4.45. The summed E-state index contributed by atoms with van der Waals surface area (Å²) < 4.78 is 7.98. The molecule has 0 amide bonds. The fraction of sp³-hybridized carbons (Fsp3) is 0.0741. The maximum absolute atomic E-state index is 13.7. The number of anilines is 2. The predicted octanol–water partition coefficient (Wildman–Crippen LogP) is 5.41. The molecule has 0 spiro atoms. The number of hydrogen-bond donors (Lipinski definition) is 1. The van der Waals surface area contributed by atoms with Gasteiger partial charge in [-0.15, -0.1) is 0 Å². The third-order valence-corrected chi connectivity index (χ3v) is 5.34. The summed E-state index contributed by atoms with van der Waals surface area (Å²) in [4.78, 5) is 22.3. The number of aromatic nitrogens is 3. The largest absolute Gasteiger partial charge is 0.472 e. The minimum absolute atomic E-state index is 0.0572. The number of fused-ring (bicyclic) bond motifs is 1. The van der Waals surface area contributed by atoms with E-state index in [2.05, 4.69) is 19.9 Å². The van der Waals surface area contributed by atoms with Crippen LogP contribution in [0, 0.1) is 6.92 Å². The highest BCUT2D eigenvalue weighted by Gasteiger charge is 2.20. The fourth-order valence-electron chi connectivity index (χ4n) is 3.78. The molecule has 0 fully saturated rings. The van der Waals surface area contributed by atoms with Crippen molar-refractivity contribution in [2.24, 2.45) is 0 Å². The molecule has 0 radical (unpaired) electrons. The van der Waals surface area contributed by atoms with Gasteiger partial charge in [0.25, 0.3) is 0 Å². The summed E-state index contributed by atoms with van der Waals surface area (Å²) in [6.45, 7) is 1.98. The van der Waals surface area contributed by atoms with Crippen LogP contribution in [0.3, 0.4) is 0 Å². The Labute approximate surface area is 191 Å². The molecule has 6 nitrogen and oxygen atoms in total. The third-order valence-electron chi connectivity index (χ3n) is 5.34. The molecule has 162 valence electrons. The quantitative estimate of drug-likeness (QED) is 0.387. The summed E-state index contributed by atoms with van der Waals surface area (Å²) in [6.07, 6.45) is 3.30. The number of nitrogens with one attached hydrogen (secondary N) is 1. The predicted molar refractivity (Wildman–Crippen MR) is 130 cm³/mol. The van der Waals surface area contributed by atoms with Gasteiger partial charge in [0.15, 0.2) is 5.43 Å². The number of aryl methyl sites for hydroxylation is 1. The van der Waals surface area contributed by atoms with Gasteiger partial charge in [0.2, 0.25) is 5.88 Å². The van der Waals surface area contributed by atoms with Crippen LogP contribution in [0.1, 0.15) is 11.3 Å².